The van der Waals surface area contributed by atoms with Gasteiger partial charge in [-0.25, -0.2) is 4.79 Å². The fourth-order valence-corrected chi connectivity index (χ4v) is 1.97. The number of carbonyl (C=O) groups is 1. The first-order chi connectivity index (χ1) is 9.58. The normalized spacial score (nSPS) is 10.4. The molecule has 0 saturated heterocycles. The molecule has 5 nitrogen and oxygen atoms in total. The molecular weight excluding hydrogens is 258 g/mol. The molecule has 1 rings (SSSR count). The number of ether oxygens (including phenoxy) is 3. The Hall–Kier alpha value is -1.59. The van der Waals surface area contributed by atoms with E-state index in [0.29, 0.717) is 6.61 Å². The molecule has 0 bridgehead atoms. The van der Waals surface area contributed by atoms with Crippen molar-refractivity contribution >= 4 is 5.97 Å². The van der Waals surface area contributed by atoms with E-state index in [9.17, 15) is 4.79 Å². The summed E-state index contributed by atoms with van der Waals surface area (Å²) in [5, 5.41) is 3.30. The van der Waals surface area contributed by atoms with E-state index in [-0.39, 0.29) is 12.6 Å². The third-order valence-corrected chi connectivity index (χ3v) is 2.89. The Balaban J connectivity index is 2.63. The Morgan fingerprint density at radius 2 is 1.85 bits per heavy atom. The summed E-state index contributed by atoms with van der Waals surface area (Å²) >= 11 is 0. The van der Waals surface area contributed by atoms with Gasteiger partial charge in [0.25, 0.3) is 0 Å². The molecule has 0 fully saturated rings. The molecule has 0 aliphatic rings. The molecule has 112 valence electrons. The van der Waals surface area contributed by atoms with Crippen LogP contribution in [0.3, 0.4) is 0 Å². The highest BCUT2D eigenvalue weighted by Crippen LogP contribution is 2.24. The minimum Gasteiger partial charge on any atom is -0.481 e. The highest BCUT2D eigenvalue weighted by Gasteiger charge is 2.09. The third kappa shape index (κ3) is 5.19. The molecule has 0 aromatic heterocycles. The minimum atomic E-state index is -0.380. The van der Waals surface area contributed by atoms with Crippen LogP contribution in [0.5, 0.6) is 5.75 Å². The van der Waals surface area contributed by atoms with Crippen molar-refractivity contribution in [1.29, 1.82) is 0 Å². The highest BCUT2D eigenvalue weighted by atomic mass is 16.6. The molecule has 1 aromatic carbocycles. The highest BCUT2D eigenvalue weighted by molar-refractivity contribution is 5.71. The second-order valence-electron chi connectivity index (χ2n) is 4.59. The first kappa shape index (κ1) is 16.5. The average molecular weight is 281 g/mol. The zero-order valence-corrected chi connectivity index (χ0v) is 12.6. The Bertz CT molecular complexity index is 422. The van der Waals surface area contributed by atoms with Gasteiger partial charge in [0.05, 0.1) is 13.7 Å². The number of rotatable bonds is 8. The Labute approximate surface area is 120 Å². The maximum Gasteiger partial charge on any atom is 0.343 e. The van der Waals surface area contributed by atoms with Crippen molar-refractivity contribution in [1.82, 2.24) is 5.32 Å². The molecule has 0 radical (unpaired) electrons. The summed E-state index contributed by atoms with van der Waals surface area (Å²) in [7, 11) is 3.03. The fourth-order valence-electron chi connectivity index (χ4n) is 1.97. The van der Waals surface area contributed by atoms with Crippen LogP contribution in [0.1, 0.15) is 16.7 Å². The van der Waals surface area contributed by atoms with Crippen LogP contribution in [0.2, 0.25) is 0 Å². The largest absolute Gasteiger partial charge is 0.481 e. The summed E-state index contributed by atoms with van der Waals surface area (Å²) in [4.78, 5) is 11.1. The summed E-state index contributed by atoms with van der Waals surface area (Å²) in [5.41, 5.74) is 3.21. The van der Waals surface area contributed by atoms with Crippen molar-refractivity contribution < 1.29 is 19.0 Å². The number of aryl methyl sites for hydroxylation is 2. The first-order valence-electron chi connectivity index (χ1n) is 6.58. The molecule has 1 aromatic rings. The van der Waals surface area contributed by atoms with Crippen molar-refractivity contribution in [3.8, 4) is 5.75 Å². The standard InChI is InChI=1S/C15H23NO4/c1-11-7-13(9-16-5-6-18-3)8-12(2)15(11)20-10-14(17)19-4/h7-8,16H,5-6,9-10H2,1-4H3. The van der Waals surface area contributed by atoms with E-state index in [0.717, 1.165) is 30.0 Å². The lowest BCUT2D eigenvalue weighted by Gasteiger charge is -2.13. The van der Waals surface area contributed by atoms with Gasteiger partial charge in [-0.1, -0.05) is 12.1 Å². The van der Waals surface area contributed by atoms with E-state index in [1.807, 2.05) is 13.8 Å². The van der Waals surface area contributed by atoms with Crippen LogP contribution in [0.4, 0.5) is 0 Å². The van der Waals surface area contributed by atoms with Gasteiger partial charge in [0.15, 0.2) is 6.61 Å². The van der Waals surface area contributed by atoms with Gasteiger partial charge in [-0.3, -0.25) is 0 Å². The number of nitrogens with one attached hydrogen (secondary N) is 1. The van der Waals surface area contributed by atoms with Crippen molar-refractivity contribution in [3.05, 3.63) is 28.8 Å². The predicted octanol–water partition coefficient (Wildman–Crippen LogP) is 1.59. The van der Waals surface area contributed by atoms with E-state index in [2.05, 4.69) is 22.2 Å². The van der Waals surface area contributed by atoms with E-state index < -0.39 is 0 Å². The molecule has 0 spiro atoms. The van der Waals surface area contributed by atoms with E-state index in [1.54, 1.807) is 7.11 Å². The number of carbonyl (C=O) groups excluding carboxylic acids is 1. The molecule has 0 aliphatic heterocycles. The lowest BCUT2D eigenvalue weighted by molar-refractivity contribution is -0.142. The summed E-state index contributed by atoms with van der Waals surface area (Å²) in [6.07, 6.45) is 0. The maximum atomic E-state index is 11.1. The molecule has 5 heteroatoms. The summed E-state index contributed by atoms with van der Waals surface area (Å²) in [6.45, 7) is 6.16. The maximum absolute atomic E-state index is 11.1. The summed E-state index contributed by atoms with van der Waals surface area (Å²) < 4.78 is 15.1. The number of hydrogen-bond donors (Lipinski definition) is 1. The molecule has 0 aliphatic carbocycles. The fraction of sp³-hybridized carbons (Fsp3) is 0.533. The smallest absolute Gasteiger partial charge is 0.343 e. The van der Waals surface area contributed by atoms with Gasteiger partial charge in [0.2, 0.25) is 0 Å². The molecular formula is C15H23NO4. The van der Waals surface area contributed by atoms with Crippen LogP contribution >= 0.6 is 0 Å². The van der Waals surface area contributed by atoms with Crippen LogP contribution in [0.25, 0.3) is 0 Å². The lowest BCUT2D eigenvalue weighted by atomic mass is 10.1. The molecule has 0 amide bonds. The minimum absolute atomic E-state index is 0.0659. The van der Waals surface area contributed by atoms with Gasteiger partial charge in [-0.15, -0.1) is 0 Å². The van der Waals surface area contributed by atoms with E-state index >= 15 is 0 Å². The van der Waals surface area contributed by atoms with Crippen LogP contribution in [0.15, 0.2) is 12.1 Å². The number of esters is 1. The van der Waals surface area contributed by atoms with Gasteiger partial charge < -0.3 is 19.5 Å². The van der Waals surface area contributed by atoms with Gasteiger partial charge in [0.1, 0.15) is 5.75 Å². The van der Waals surface area contributed by atoms with Crippen molar-refractivity contribution in [2.24, 2.45) is 0 Å². The SMILES string of the molecule is COCCNCc1cc(C)c(OCC(=O)OC)c(C)c1. The quantitative estimate of drug-likeness (QED) is 0.579. The molecule has 1 N–H and O–H groups in total. The van der Waals surface area contributed by atoms with Gasteiger partial charge in [-0.05, 0) is 30.5 Å². The zero-order chi connectivity index (χ0) is 15.0. The summed E-state index contributed by atoms with van der Waals surface area (Å²) in [6, 6.07) is 4.11. The van der Waals surface area contributed by atoms with Crippen LogP contribution in [-0.2, 0) is 20.8 Å². The monoisotopic (exact) mass is 281 g/mol. The molecule has 0 atom stereocenters. The van der Waals surface area contributed by atoms with Crippen LogP contribution < -0.4 is 10.1 Å². The molecule has 0 unspecified atom stereocenters. The lowest BCUT2D eigenvalue weighted by Crippen LogP contribution is -2.19. The van der Waals surface area contributed by atoms with Crippen LogP contribution in [-0.4, -0.2) is 39.9 Å². The van der Waals surface area contributed by atoms with E-state index in [1.165, 1.54) is 12.7 Å². The third-order valence-electron chi connectivity index (χ3n) is 2.89. The second kappa shape index (κ2) is 8.55. The Morgan fingerprint density at radius 1 is 1.20 bits per heavy atom. The first-order valence-corrected chi connectivity index (χ1v) is 6.58. The topological polar surface area (TPSA) is 56.8 Å². The van der Waals surface area contributed by atoms with Gasteiger partial charge >= 0.3 is 5.97 Å². The predicted molar refractivity (Wildman–Crippen MR) is 77.0 cm³/mol. The summed E-state index contributed by atoms with van der Waals surface area (Å²) in [5.74, 6) is 0.366. The van der Waals surface area contributed by atoms with Gasteiger partial charge in [-0.2, -0.15) is 0 Å². The molecule has 20 heavy (non-hydrogen) atoms. The number of methoxy groups -OCH3 is 2. The van der Waals surface area contributed by atoms with E-state index in [4.69, 9.17) is 9.47 Å². The van der Waals surface area contributed by atoms with Crippen LogP contribution in [0, 0.1) is 13.8 Å². The number of hydrogen-bond acceptors (Lipinski definition) is 5. The molecule has 0 heterocycles. The second-order valence-corrected chi connectivity index (χ2v) is 4.59. The Morgan fingerprint density at radius 3 is 2.40 bits per heavy atom. The zero-order valence-electron chi connectivity index (χ0n) is 12.6. The van der Waals surface area contributed by atoms with Gasteiger partial charge in [0, 0.05) is 20.2 Å². The molecule has 0 saturated carbocycles. The number of benzene rings is 1. The van der Waals surface area contributed by atoms with Crippen molar-refractivity contribution in [3.63, 3.8) is 0 Å². The van der Waals surface area contributed by atoms with Crippen molar-refractivity contribution in [2.75, 3.05) is 34.0 Å². The average Bonchev–Trinajstić information content (AvgIpc) is 2.42. The van der Waals surface area contributed by atoms with Crippen molar-refractivity contribution in [2.45, 2.75) is 20.4 Å². The Kier molecular flexibility index (Phi) is 7.04.